The van der Waals surface area contributed by atoms with Gasteiger partial charge in [-0.1, -0.05) is 13.8 Å². The molecule has 0 aliphatic carbocycles. The molecule has 1 aliphatic rings. The molecule has 1 fully saturated rings. The average Bonchev–Trinajstić information content (AvgIpc) is 2.26. The van der Waals surface area contributed by atoms with Gasteiger partial charge in [-0.25, -0.2) is 0 Å². The summed E-state index contributed by atoms with van der Waals surface area (Å²) in [6, 6.07) is 0. The summed E-state index contributed by atoms with van der Waals surface area (Å²) in [4.78, 5) is 13.5. The van der Waals surface area contributed by atoms with E-state index in [1.807, 2.05) is 11.8 Å². The molecular formula is C10H20N2O2. The minimum absolute atomic E-state index is 0.189. The molecule has 1 N–H and O–H groups in total. The fourth-order valence-corrected chi connectivity index (χ4v) is 1.54. The Hall–Kier alpha value is -0.610. The number of amides is 1. The van der Waals surface area contributed by atoms with Gasteiger partial charge in [-0.2, -0.15) is 0 Å². The fraction of sp³-hybridized carbons (Fsp3) is 0.900. The van der Waals surface area contributed by atoms with Crippen LogP contribution in [0.2, 0.25) is 0 Å². The van der Waals surface area contributed by atoms with Gasteiger partial charge in [0.2, 0.25) is 5.91 Å². The molecule has 1 rings (SSSR count). The average molecular weight is 200 g/mol. The summed E-state index contributed by atoms with van der Waals surface area (Å²) in [6.45, 7) is 7.54. The number of carbonyl (C=O) groups excluding carboxylic acids is 1. The molecule has 4 nitrogen and oxygen atoms in total. The second-order valence-corrected chi connectivity index (χ2v) is 3.52. The maximum Gasteiger partial charge on any atom is 0.236 e. The third-order valence-corrected chi connectivity index (χ3v) is 2.47. The standard InChI is InChI=1S/C10H20N2O2/c1-3-9-8-12(5-6-14-9)10(13)7-11-4-2/h9,11H,3-8H2,1-2H3. The lowest BCUT2D eigenvalue weighted by Crippen LogP contribution is -2.48. The van der Waals surface area contributed by atoms with E-state index in [0.717, 1.165) is 26.1 Å². The molecule has 0 saturated carbocycles. The second-order valence-electron chi connectivity index (χ2n) is 3.52. The minimum atomic E-state index is 0.189. The molecule has 1 heterocycles. The van der Waals surface area contributed by atoms with E-state index in [1.165, 1.54) is 0 Å². The second kappa shape index (κ2) is 5.98. The van der Waals surface area contributed by atoms with Crippen molar-refractivity contribution in [3.05, 3.63) is 0 Å². The molecule has 4 heteroatoms. The van der Waals surface area contributed by atoms with Crippen LogP contribution in [0, 0.1) is 0 Å². The Kier molecular flexibility index (Phi) is 4.90. The maximum absolute atomic E-state index is 11.6. The van der Waals surface area contributed by atoms with Crippen LogP contribution in [-0.2, 0) is 9.53 Å². The van der Waals surface area contributed by atoms with Gasteiger partial charge >= 0.3 is 0 Å². The highest BCUT2D eigenvalue weighted by Gasteiger charge is 2.22. The summed E-state index contributed by atoms with van der Waals surface area (Å²) in [5, 5.41) is 3.05. The van der Waals surface area contributed by atoms with Crippen molar-refractivity contribution in [2.45, 2.75) is 26.4 Å². The van der Waals surface area contributed by atoms with Gasteiger partial charge in [0.25, 0.3) is 0 Å². The molecule has 0 aromatic carbocycles. The molecule has 82 valence electrons. The highest BCUT2D eigenvalue weighted by Crippen LogP contribution is 2.07. The third kappa shape index (κ3) is 3.27. The van der Waals surface area contributed by atoms with Gasteiger partial charge in [-0.3, -0.25) is 4.79 Å². The molecule has 1 atom stereocenters. The van der Waals surface area contributed by atoms with Crippen molar-refractivity contribution < 1.29 is 9.53 Å². The van der Waals surface area contributed by atoms with Gasteiger partial charge < -0.3 is 15.0 Å². The number of morpholine rings is 1. The zero-order valence-electron chi connectivity index (χ0n) is 9.08. The minimum Gasteiger partial charge on any atom is -0.375 e. The van der Waals surface area contributed by atoms with Gasteiger partial charge in [-0.05, 0) is 13.0 Å². The maximum atomic E-state index is 11.6. The number of nitrogens with zero attached hydrogens (tertiary/aromatic N) is 1. The highest BCUT2D eigenvalue weighted by molar-refractivity contribution is 5.78. The normalized spacial score (nSPS) is 22.4. The molecule has 0 aromatic rings. The molecule has 14 heavy (non-hydrogen) atoms. The number of carbonyl (C=O) groups is 1. The van der Waals surface area contributed by atoms with Crippen LogP contribution in [0.3, 0.4) is 0 Å². The SMILES string of the molecule is CCNCC(=O)N1CCOC(CC)C1. The van der Waals surface area contributed by atoms with Gasteiger partial charge in [0.05, 0.1) is 19.3 Å². The molecule has 0 radical (unpaired) electrons. The van der Waals surface area contributed by atoms with Gasteiger partial charge in [-0.15, -0.1) is 0 Å². The van der Waals surface area contributed by atoms with E-state index in [0.29, 0.717) is 13.2 Å². The predicted molar refractivity (Wildman–Crippen MR) is 55.2 cm³/mol. The molecule has 0 spiro atoms. The first kappa shape index (κ1) is 11.5. The van der Waals surface area contributed by atoms with Crippen LogP contribution in [0.1, 0.15) is 20.3 Å². The van der Waals surface area contributed by atoms with Crippen molar-refractivity contribution >= 4 is 5.91 Å². The summed E-state index contributed by atoms with van der Waals surface area (Å²) < 4.78 is 5.50. The largest absolute Gasteiger partial charge is 0.375 e. The number of nitrogens with one attached hydrogen (secondary N) is 1. The van der Waals surface area contributed by atoms with Crippen LogP contribution in [0.4, 0.5) is 0 Å². The number of ether oxygens (including phenoxy) is 1. The van der Waals surface area contributed by atoms with Crippen LogP contribution >= 0.6 is 0 Å². The van der Waals surface area contributed by atoms with E-state index in [2.05, 4.69) is 12.2 Å². The van der Waals surface area contributed by atoms with Crippen LogP contribution in [0.15, 0.2) is 0 Å². The van der Waals surface area contributed by atoms with E-state index in [4.69, 9.17) is 4.74 Å². The highest BCUT2D eigenvalue weighted by atomic mass is 16.5. The Morgan fingerprint density at radius 3 is 3.00 bits per heavy atom. The summed E-state index contributed by atoms with van der Waals surface area (Å²) in [5.74, 6) is 0.189. The van der Waals surface area contributed by atoms with Gasteiger partial charge in [0.15, 0.2) is 0 Å². The Morgan fingerprint density at radius 1 is 1.57 bits per heavy atom. The zero-order chi connectivity index (χ0) is 10.4. The van der Waals surface area contributed by atoms with Gasteiger partial charge in [0, 0.05) is 13.1 Å². The third-order valence-electron chi connectivity index (χ3n) is 2.47. The van der Waals surface area contributed by atoms with Crippen molar-refractivity contribution in [3.8, 4) is 0 Å². The quantitative estimate of drug-likeness (QED) is 0.706. The fourth-order valence-electron chi connectivity index (χ4n) is 1.54. The Labute approximate surface area is 85.6 Å². The number of hydrogen-bond donors (Lipinski definition) is 1. The molecule has 1 saturated heterocycles. The summed E-state index contributed by atoms with van der Waals surface area (Å²) in [5.41, 5.74) is 0. The van der Waals surface area contributed by atoms with E-state index in [-0.39, 0.29) is 12.0 Å². The molecule has 1 unspecified atom stereocenters. The Bertz CT molecular complexity index is 185. The van der Waals surface area contributed by atoms with E-state index < -0.39 is 0 Å². The van der Waals surface area contributed by atoms with Gasteiger partial charge in [0.1, 0.15) is 0 Å². The molecule has 1 aliphatic heterocycles. The number of rotatable bonds is 4. The van der Waals surface area contributed by atoms with Crippen molar-refractivity contribution in [2.75, 3.05) is 32.8 Å². The first-order valence-corrected chi connectivity index (χ1v) is 5.38. The van der Waals surface area contributed by atoms with Crippen molar-refractivity contribution in [1.82, 2.24) is 10.2 Å². The van der Waals surface area contributed by atoms with Crippen LogP contribution in [-0.4, -0.2) is 49.7 Å². The Morgan fingerprint density at radius 2 is 2.36 bits per heavy atom. The van der Waals surface area contributed by atoms with E-state index in [9.17, 15) is 4.79 Å². The molecule has 0 bridgehead atoms. The predicted octanol–water partition coefficient (Wildman–Crippen LogP) is 0.233. The van der Waals surface area contributed by atoms with Crippen molar-refractivity contribution in [3.63, 3.8) is 0 Å². The zero-order valence-corrected chi connectivity index (χ0v) is 9.08. The van der Waals surface area contributed by atoms with Crippen molar-refractivity contribution in [2.24, 2.45) is 0 Å². The van der Waals surface area contributed by atoms with E-state index >= 15 is 0 Å². The van der Waals surface area contributed by atoms with Crippen molar-refractivity contribution in [1.29, 1.82) is 0 Å². The topological polar surface area (TPSA) is 41.6 Å². The van der Waals surface area contributed by atoms with Crippen LogP contribution in [0.5, 0.6) is 0 Å². The van der Waals surface area contributed by atoms with Crippen LogP contribution in [0.25, 0.3) is 0 Å². The first-order valence-electron chi connectivity index (χ1n) is 5.38. The number of hydrogen-bond acceptors (Lipinski definition) is 3. The van der Waals surface area contributed by atoms with E-state index in [1.54, 1.807) is 0 Å². The summed E-state index contributed by atoms with van der Waals surface area (Å²) in [6.07, 6.45) is 1.21. The first-order chi connectivity index (χ1) is 6.77. The lowest BCUT2D eigenvalue weighted by Gasteiger charge is -2.32. The monoisotopic (exact) mass is 200 g/mol. The molecular weight excluding hydrogens is 180 g/mol. The number of likely N-dealkylation sites (N-methyl/N-ethyl adjacent to an activating group) is 1. The lowest BCUT2D eigenvalue weighted by atomic mass is 10.2. The smallest absolute Gasteiger partial charge is 0.236 e. The summed E-state index contributed by atoms with van der Waals surface area (Å²) in [7, 11) is 0. The van der Waals surface area contributed by atoms with Crippen LogP contribution < -0.4 is 5.32 Å². The molecule has 1 amide bonds. The molecule has 0 aromatic heterocycles. The summed E-state index contributed by atoms with van der Waals surface area (Å²) >= 11 is 0. The lowest BCUT2D eigenvalue weighted by molar-refractivity contribution is -0.137. The Balaban J connectivity index is 2.31.